The van der Waals surface area contributed by atoms with Gasteiger partial charge in [-0.2, -0.15) is 4.89 Å². The molecule has 1 aromatic carbocycles. The molecular formula is C17H25NO5. The van der Waals surface area contributed by atoms with E-state index in [0.29, 0.717) is 0 Å². The van der Waals surface area contributed by atoms with Gasteiger partial charge in [0.2, 0.25) is 0 Å². The molecule has 0 N–H and O–H groups in total. The molecule has 0 atom stereocenters. The Morgan fingerprint density at radius 3 is 2.35 bits per heavy atom. The summed E-state index contributed by atoms with van der Waals surface area (Å²) >= 11 is 0. The number of benzene rings is 1. The van der Waals surface area contributed by atoms with E-state index in [2.05, 4.69) is 6.92 Å². The lowest BCUT2D eigenvalue weighted by Gasteiger charge is -2.22. The van der Waals surface area contributed by atoms with Crippen LogP contribution >= 0.6 is 0 Å². The fourth-order valence-electron chi connectivity index (χ4n) is 2.11. The summed E-state index contributed by atoms with van der Waals surface area (Å²) in [6.07, 6.45) is 6.58. The van der Waals surface area contributed by atoms with Crippen LogP contribution < -0.4 is 0 Å². The summed E-state index contributed by atoms with van der Waals surface area (Å²) in [5, 5.41) is 10.6. The van der Waals surface area contributed by atoms with E-state index in [1.54, 1.807) is 0 Å². The number of carbonyl (C=O) groups excluding carboxylic acids is 1. The second kappa shape index (κ2) is 9.25. The van der Waals surface area contributed by atoms with E-state index < -0.39 is 16.5 Å². The zero-order chi connectivity index (χ0) is 17.3. The number of hydrogen-bond donors (Lipinski definition) is 0. The molecule has 0 aliphatic rings. The Balaban J connectivity index is 2.40. The van der Waals surface area contributed by atoms with Gasteiger partial charge < -0.3 is 0 Å². The van der Waals surface area contributed by atoms with Gasteiger partial charge in [0, 0.05) is 12.1 Å². The second-order valence-corrected chi connectivity index (χ2v) is 6.18. The van der Waals surface area contributed by atoms with Gasteiger partial charge in [0.05, 0.1) is 10.5 Å². The molecule has 0 spiro atoms. The lowest BCUT2D eigenvalue weighted by molar-refractivity contribution is -0.384. The van der Waals surface area contributed by atoms with Crippen molar-refractivity contribution < 1.29 is 19.5 Å². The number of rotatable bonds is 10. The number of unbranched alkanes of at least 4 members (excludes halogenated alkanes) is 4. The molecule has 0 radical (unpaired) electrons. The molecule has 0 aliphatic heterocycles. The summed E-state index contributed by atoms with van der Waals surface area (Å²) in [5.41, 5.74) is -0.410. The Bertz CT molecular complexity index is 510. The zero-order valence-corrected chi connectivity index (χ0v) is 14.0. The molecule has 6 nitrogen and oxygen atoms in total. The first-order valence-corrected chi connectivity index (χ1v) is 8.00. The van der Waals surface area contributed by atoms with Crippen molar-refractivity contribution in [3.05, 3.63) is 39.9 Å². The number of carbonyl (C=O) groups is 1. The molecule has 0 heterocycles. The number of nitrogens with zero attached hydrogens (tertiary/aromatic N) is 1. The van der Waals surface area contributed by atoms with E-state index in [4.69, 9.17) is 9.78 Å². The molecule has 0 saturated carbocycles. The lowest BCUT2D eigenvalue weighted by atomic mass is 10.00. The van der Waals surface area contributed by atoms with Crippen LogP contribution in [0, 0.1) is 10.1 Å². The SMILES string of the molecule is CCCCCCCC(C)(C)O[18O]C(=O)c1ccc([N+](=O)[O-])cc1. The Kier molecular flexibility index (Phi) is 7.68. The van der Waals surface area contributed by atoms with Crippen molar-refractivity contribution in [2.45, 2.75) is 64.9 Å². The van der Waals surface area contributed by atoms with Crippen molar-refractivity contribution >= 4 is 11.7 Å². The third-order valence-electron chi connectivity index (χ3n) is 3.54. The van der Waals surface area contributed by atoms with Crippen LogP contribution in [0.1, 0.15) is 69.7 Å². The van der Waals surface area contributed by atoms with Gasteiger partial charge in [-0.1, -0.05) is 39.0 Å². The van der Waals surface area contributed by atoms with Crippen molar-refractivity contribution in [1.29, 1.82) is 0 Å². The summed E-state index contributed by atoms with van der Waals surface area (Å²) < 4.78 is 0. The molecule has 1 aromatic rings. The first-order valence-electron chi connectivity index (χ1n) is 8.00. The van der Waals surface area contributed by atoms with E-state index in [-0.39, 0.29) is 11.3 Å². The predicted octanol–water partition coefficient (Wildman–Crippen LogP) is 4.82. The zero-order valence-electron chi connectivity index (χ0n) is 14.0. The highest BCUT2D eigenvalue weighted by molar-refractivity contribution is 5.89. The maximum atomic E-state index is 11.9. The van der Waals surface area contributed by atoms with E-state index in [0.717, 1.165) is 19.3 Å². The van der Waals surface area contributed by atoms with Gasteiger partial charge in [-0.25, -0.2) is 4.79 Å². The van der Waals surface area contributed by atoms with Gasteiger partial charge in [0.15, 0.2) is 0 Å². The molecule has 0 bridgehead atoms. The van der Waals surface area contributed by atoms with Crippen LogP contribution in [0.5, 0.6) is 0 Å². The van der Waals surface area contributed by atoms with Crippen LogP contribution in [-0.2, 0) is 9.78 Å². The van der Waals surface area contributed by atoms with E-state index in [1.165, 1.54) is 43.5 Å². The molecule has 23 heavy (non-hydrogen) atoms. The molecule has 0 unspecified atom stereocenters. The largest absolute Gasteiger partial charge is 0.373 e. The van der Waals surface area contributed by atoms with E-state index in [1.807, 2.05) is 13.8 Å². The summed E-state index contributed by atoms with van der Waals surface area (Å²) in [6, 6.07) is 5.22. The number of non-ortho nitro benzene ring substituents is 1. The van der Waals surface area contributed by atoms with E-state index >= 15 is 0 Å². The molecule has 6 heteroatoms. The predicted molar refractivity (Wildman–Crippen MR) is 87.1 cm³/mol. The first kappa shape index (κ1) is 19.1. The van der Waals surface area contributed by atoms with Crippen LogP contribution in [0.25, 0.3) is 0 Å². The van der Waals surface area contributed by atoms with Crippen molar-refractivity contribution in [3.8, 4) is 0 Å². The van der Waals surface area contributed by atoms with Crippen LogP contribution in [0.3, 0.4) is 0 Å². The van der Waals surface area contributed by atoms with Crippen LogP contribution in [0.15, 0.2) is 24.3 Å². The molecule has 1 rings (SSSR count). The van der Waals surface area contributed by atoms with Crippen LogP contribution in [0.2, 0.25) is 0 Å². The Hall–Kier alpha value is -1.95. The molecule has 0 fully saturated rings. The normalized spacial score (nSPS) is 11.3. The summed E-state index contributed by atoms with van der Waals surface area (Å²) in [4.78, 5) is 32.0. The quantitative estimate of drug-likeness (QED) is 0.202. The van der Waals surface area contributed by atoms with Gasteiger partial charge in [-0.3, -0.25) is 15.0 Å². The topological polar surface area (TPSA) is 78.7 Å². The molecule has 0 aromatic heterocycles. The van der Waals surface area contributed by atoms with Crippen LogP contribution in [-0.4, -0.2) is 16.5 Å². The highest BCUT2D eigenvalue weighted by atomic mass is 18.6. The molecular weight excluding hydrogens is 300 g/mol. The van der Waals surface area contributed by atoms with Gasteiger partial charge in [-0.05, 0) is 32.4 Å². The molecule has 0 amide bonds. The average Bonchev–Trinajstić information content (AvgIpc) is 2.52. The monoisotopic (exact) mass is 325 g/mol. The maximum absolute atomic E-state index is 11.9. The molecule has 0 aliphatic carbocycles. The third kappa shape index (κ3) is 7.23. The fraction of sp³-hybridized carbons (Fsp3) is 0.588. The number of hydrogen-bond acceptors (Lipinski definition) is 5. The number of nitro groups is 1. The molecule has 0 saturated heterocycles. The van der Waals surface area contributed by atoms with Gasteiger partial charge >= 0.3 is 5.97 Å². The van der Waals surface area contributed by atoms with Crippen molar-refractivity contribution in [2.75, 3.05) is 0 Å². The Morgan fingerprint density at radius 2 is 1.78 bits per heavy atom. The van der Waals surface area contributed by atoms with E-state index in [9.17, 15) is 14.9 Å². The minimum absolute atomic E-state index is 0.0742. The smallest absolute Gasteiger partial charge is 0.292 e. The summed E-state index contributed by atoms with van der Waals surface area (Å²) in [5.74, 6) is -0.654. The van der Waals surface area contributed by atoms with Crippen LogP contribution in [0.4, 0.5) is 5.69 Å². The van der Waals surface area contributed by atoms with Crippen molar-refractivity contribution in [1.82, 2.24) is 0 Å². The Morgan fingerprint density at radius 1 is 1.17 bits per heavy atom. The fourth-order valence-corrected chi connectivity index (χ4v) is 2.11. The average molecular weight is 325 g/mol. The highest BCUT2D eigenvalue weighted by Gasteiger charge is 2.22. The summed E-state index contributed by atoms with van der Waals surface area (Å²) in [7, 11) is 0. The highest BCUT2D eigenvalue weighted by Crippen LogP contribution is 2.21. The first-order chi connectivity index (χ1) is 10.9. The van der Waals surface area contributed by atoms with Crippen molar-refractivity contribution in [3.63, 3.8) is 0 Å². The minimum atomic E-state index is -0.654. The van der Waals surface area contributed by atoms with Gasteiger partial charge in [0.1, 0.15) is 5.60 Å². The maximum Gasteiger partial charge on any atom is 0.373 e. The third-order valence-corrected chi connectivity index (χ3v) is 3.54. The summed E-state index contributed by atoms with van der Waals surface area (Å²) in [6.45, 7) is 5.91. The van der Waals surface area contributed by atoms with Gasteiger partial charge in [0.25, 0.3) is 5.69 Å². The number of nitro benzene ring substituents is 1. The lowest BCUT2D eigenvalue weighted by Crippen LogP contribution is -2.26. The Labute approximate surface area is 136 Å². The van der Waals surface area contributed by atoms with Crippen molar-refractivity contribution in [2.24, 2.45) is 0 Å². The van der Waals surface area contributed by atoms with Gasteiger partial charge in [-0.15, -0.1) is 0 Å². The standard InChI is InChI=1S/C17H25NO5/c1-4-5-6-7-8-13-17(2,3)23-22-16(19)14-9-11-15(12-10-14)18(20)21/h9-12H,4-8,13H2,1-3H3/i22+2. The second-order valence-electron chi connectivity index (χ2n) is 6.18. The molecule has 128 valence electrons. The minimum Gasteiger partial charge on any atom is -0.292 e.